The summed E-state index contributed by atoms with van der Waals surface area (Å²) in [7, 11) is 0. The van der Waals surface area contributed by atoms with Crippen molar-refractivity contribution < 1.29 is 14.7 Å². The molecule has 1 amide bonds. The summed E-state index contributed by atoms with van der Waals surface area (Å²) in [4.78, 5) is 25.1. The second-order valence-corrected chi connectivity index (χ2v) is 5.37. The Morgan fingerprint density at radius 1 is 1.37 bits per heavy atom. The second-order valence-electron chi connectivity index (χ2n) is 4.93. The smallest absolute Gasteiger partial charge is 0.308 e. The molecule has 0 spiro atoms. The lowest BCUT2D eigenvalue weighted by Gasteiger charge is -2.36. The number of amides is 1. The van der Waals surface area contributed by atoms with Gasteiger partial charge in [0.25, 0.3) is 5.91 Å². The normalized spacial score (nSPS) is 23.2. The monoisotopic (exact) mass is 281 g/mol. The Hall–Kier alpha value is -1.55. The van der Waals surface area contributed by atoms with Crippen LogP contribution in [0.15, 0.2) is 24.3 Å². The minimum absolute atomic E-state index is 0.0575. The van der Waals surface area contributed by atoms with Crippen LogP contribution in [0.4, 0.5) is 0 Å². The summed E-state index contributed by atoms with van der Waals surface area (Å²) >= 11 is 5.88. The number of nitrogens with zero attached hydrogens (tertiary/aromatic N) is 1. The van der Waals surface area contributed by atoms with Gasteiger partial charge in [0, 0.05) is 23.2 Å². The predicted octanol–water partition coefficient (Wildman–Crippen LogP) is 2.67. The van der Waals surface area contributed by atoms with Crippen molar-refractivity contribution in [2.75, 3.05) is 6.54 Å². The number of carbonyl (C=O) groups excluding carboxylic acids is 1. The molecule has 2 rings (SSSR count). The van der Waals surface area contributed by atoms with E-state index in [9.17, 15) is 9.59 Å². The van der Waals surface area contributed by atoms with Crippen LogP contribution in [0.3, 0.4) is 0 Å². The number of piperidine rings is 1. The van der Waals surface area contributed by atoms with Crippen molar-refractivity contribution in [1.82, 2.24) is 4.90 Å². The molecule has 1 N–H and O–H groups in total. The van der Waals surface area contributed by atoms with Gasteiger partial charge in [0.2, 0.25) is 0 Å². The highest BCUT2D eigenvalue weighted by Crippen LogP contribution is 2.24. The number of carbonyl (C=O) groups is 2. The maximum atomic E-state index is 12.4. The molecule has 0 aromatic heterocycles. The van der Waals surface area contributed by atoms with Crippen molar-refractivity contribution in [3.05, 3.63) is 34.9 Å². The zero-order chi connectivity index (χ0) is 14.0. The van der Waals surface area contributed by atoms with Gasteiger partial charge in [-0.15, -0.1) is 0 Å². The van der Waals surface area contributed by atoms with Gasteiger partial charge in [0.15, 0.2) is 0 Å². The van der Waals surface area contributed by atoms with Gasteiger partial charge in [-0.3, -0.25) is 9.59 Å². The maximum Gasteiger partial charge on any atom is 0.308 e. The molecule has 1 heterocycles. The molecule has 0 saturated carbocycles. The van der Waals surface area contributed by atoms with E-state index in [4.69, 9.17) is 16.7 Å². The van der Waals surface area contributed by atoms with Crippen molar-refractivity contribution in [3.63, 3.8) is 0 Å². The van der Waals surface area contributed by atoms with Crippen LogP contribution in [0.5, 0.6) is 0 Å². The van der Waals surface area contributed by atoms with Gasteiger partial charge in [0.1, 0.15) is 0 Å². The predicted molar refractivity (Wildman–Crippen MR) is 72.3 cm³/mol. The van der Waals surface area contributed by atoms with Gasteiger partial charge < -0.3 is 10.0 Å². The first kappa shape index (κ1) is 13.9. The summed E-state index contributed by atoms with van der Waals surface area (Å²) in [6.07, 6.45) is 1.33. The molecule has 0 radical (unpaired) electrons. The van der Waals surface area contributed by atoms with Crippen molar-refractivity contribution >= 4 is 23.5 Å². The fourth-order valence-electron chi connectivity index (χ4n) is 2.38. The van der Waals surface area contributed by atoms with Gasteiger partial charge in [0.05, 0.1) is 5.92 Å². The van der Waals surface area contributed by atoms with E-state index in [-0.39, 0.29) is 18.5 Å². The minimum atomic E-state index is -0.837. The third-order valence-corrected chi connectivity index (χ3v) is 3.80. The molecule has 1 aromatic rings. The third-order valence-electron chi connectivity index (χ3n) is 3.56. The number of hydrogen-bond donors (Lipinski definition) is 1. The molecule has 1 saturated heterocycles. The van der Waals surface area contributed by atoms with E-state index in [1.54, 1.807) is 29.2 Å². The number of rotatable bonds is 2. The van der Waals surface area contributed by atoms with E-state index in [2.05, 4.69) is 0 Å². The van der Waals surface area contributed by atoms with Crippen molar-refractivity contribution in [2.24, 2.45) is 5.92 Å². The Morgan fingerprint density at radius 2 is 2.11 bits per heavy atom. The summed E-state index contributed by atoms with van der Waals surface area (Å²) < 4.78 is 0. The molecule has 2 atom stereocenters. The summed E-state index contributed by atoms with van der Waals surface area (Å²) in [5.74, 6) is -1.46. The highest BCUT2D eigenvalue weighted by Gasteiger charge is 2.32. The lowest BCUT2D eigenvalue weighted by Crippen LogP contribution is -2.47. The summed E-state index contributed by atoms with van der Waals surface area (Å²) in [5.41, 5.74) is 0.505. The van der Waals surface area contributed by atoms with Gasteiger partial charge in [-0.2, -0.15) is 0 Å². The fourth-order valence-corrected chi connectivity index (χ4v) is 2.57. The summed E-state index contributed by atoms with van der Waals surface area (Å²) in [5, 5.41) is 9.58. The quantitative estimate of drug-likeness (QED) is 0.907. The van der Waals surface area contributed by atoms with E-state index >= 15 is 0 Å². The van der Waals surface area contributed by atoms with Crippen LogP contribution in [0, 0.1) is 5.92 Å². The molecule has 4 nitrogen and oxygen atoms in total. The first-order chi connectivity index (χ1) is 8.99. The van der Waals surface area contributed by atoms with E-state index < -0.39 is 11.9 Å². The Kier molecular flexibility index (Phi) is 4.10. The van der Waals surface area contributed by atoms with Gasteiger partial charge >= 0.3 is 5.97 Å². The van der Waals surface area contributed by atoms with Crippen LogP contribution < -0.4 is 0 Å². The largest absolute Gasteiger partial charge is 0.481 e. The molecule has 0 bridgehead atoms. The Balaban J connectivity index is 2.19. The van der Waals surface area contributed by atoms with Crippen molar-refractivity contribution in [2.45, 2.75) is 25.8 Å². The zero-order valence-corrected chi connectivity index (χ0v) is 11.4. The number of benzene rings is 1. The van der Waals surface area contributed by atoms with E-state index in [0.717, 1.165) is 0 Å². The molecule has 5 heteroatoms. The lowest BCUT2D eigenvalue weighted by molar-refractivity contribution is -0.143. The molecule has 102 valence electrons. The van der Waals surface area contributed by atoms with E-state index in [0.29, 0.717) is 23.4 Å². The number of likely N-dealkylation sites (tertiary alicyclic amines) is 1. The van der Waals surface area contributed by atoms with Crippen LogP contribution >= 0.6 is 11.6 Å². The van der Waals surface area contributed by atoms with E-state index in [1.807, 2.05) is 6.92 Å². The van der Waals surface area contributed by atoms with E-state index in [1.165, 1.54) is 0 Å². The molecule has 1 aliphatic heterocycles. The summed E-state index contributed by atoms with van der Waals surface area (Å²) in [6, 6.07) is 6.80. The Morgan fingerprint density at radius 3 is 2.74 bits per heavy atom. The first-order valence-corrected chi connectivity index (χ1v) is 6.66. The topological polar surface area (TPSA) is 57.6 Å². The molecule has 0 aliphatic carbocycles. The van der Waals surface area contributed by atoms with Crippen molar-refractivity contribution in [3.8, 4) is 0 Å². The maximum absolute atomic E-state index is 12.4. The SMILES string of the molecule is CC1CCC(C(=O)O)CN1C(=O)c1cccc(Cl)c1. The molecular formula is C14H16ClNO3. The highest BCUT2D eigenvalue weighted by atomic mass is 35.5. The average molecular weight is 282 g/mol. The second kappa shape index (κ2) is 5.61. The molecule has 1 aromatic carbocycles. The van der Waals surface area contributed by atoms with Crippen LogP contribution in [0.1, 0.15) is 30.1 Å². The lowest BCUT2D eigenvalue weighted by atomic mass is 9.93. The Bertz CT molecular complexity index is 503. The molecule has 1 fully saturated rings. The number of halogens is 1. The fraction of sp³-hybridized carbons (Fsp3) is 0.429. The van der Waals surface area contributed by atoms with Gasteiger partial charge in [-0.1, -0.05) is 17.7 Å². The molecule has 1 aliphatic rings. The van der Waals surface area contributed by atoms with Crippen LogP contribution in [-0.2, 0) is 4.79 Å². The number of aliphatic carboxylic acids is 1. The van der Waals surface area contributed by atoms with Crippen molar-refractivity contribution in [1.29, 1.82) is 0 Å². The summed E-state index contributed by atoms with van der Waals surface area (Å²) in [6.45, 7) is 2.21. The highest BCUT2D eigenvalue weighted by molar-refractivity contribution is 6.30. The zero-order valence-electron chi connectivity index (χ0n) is 10.7. The van der Waals surface area contributed by atoms with Gasteiger partial charge in [-0.05, 0) is 38.0 Å². The number of carboxylic acid groups (broad SMARTS) is 1. The standard InChI is InChI=1S/C14H16ClNO3/c1-9-5-6-11(14(18)19)8-16(9)13(17)10-3-2-4-12(15)7-10/h2-4,7,9,11H,5-6,8H2,1H3,(H,18,19). The van der Waals surface area contributed by atoms with Crippen LogP contribution in [-0.4, -0.2) is 34.5 Å². The average Bonchev–Trinajstić information content (AvgIpc) is 2.38. The third kappa shape index (κ3) is 3.07. The number of hydrogen-bond acceptors (Lipinski definition) is 2. The van der Waals surface area contributed by atoms with Gasteiger partial charge in [-0.25, -0.2) is 0 Å². The minimum Gasteiger partial charge on any atom is -0.481 e. The van der Waals surface area contributed by atoms with Crippen LogP contribution in [0.25, 0.3) is 0 Å². The molecule has 19 heavy (non-hydrogen) atoms. The first-order valence-electron chi connectivity index (χ1n) is 6.28. The molecule has 2 unspecified atom stereocenters. The molecular weight excluding hydrogens is 266 g/mol. The number of carboxylic acids is 1. The van der Waals surface area contributed by atoms with Crippen LogP contribution in [0.2, 0.25) is 5.02 Å². The Labute approximate surface area is 117 Å².